The highest BCUT2D eigenvalue weighted by Gasteiger charge is 2.31. The zero-order chi connectivity index (χ0) is 13.3. The van der Waals surface area contributed by atoms with E-state index in [1.807, 2.05) is 0 Å². The van der Waals surface area contributed by atoms with E-state index in [0.717, 1.165) is 22.9 Å². The van der Waals surface area contributed by atoms with Crippen molar-refractivity contribution in [2.75, 3.05) is 5.73 Å². The number of nitrogens with two attached hydrogens (primary N) is 1. The van der Waals surface area contributed by atoms with Crippen LogP contribution in [-0.2, 0) is 6.18 Å². The van der Waals surface area contributed by atoms with Crippen LogP contribution in [0.2, 0.25) is 0 Å². The molecule has 0 fully saturated rings. The van der Waals surface area contributed by atoms with Crippen LogP contribution in [0.4, 0.5) is 18.9 Å². The van der Waals surface area contributed by atoms with Gasteiger partial charge in [0.25, 0.3) is 5.56 Å². The lowest BCUT2D eigenvalue weighted by atomic mass is 10.2. The fraction of sp³-hybridized carbons (Fsp3) is 0.0833. The molecule has 94 valence electrons. The number of hydrogen-bond acceptors (Lipinski definition) is 2. The third-order valence-corrected chi connectivity index (χ3v) is 2.41. The number of rotatable bonds is 1. The van der Waals surface area contributed by atoms with Crippen molar-refractivity contribution in [1.29, 1.82) is 0 Å². The van der Waals surface area contributed by atoms with Crippen molar-refractivity contribution in [3.8, 4) is 5.69 Å². The lowest BCUT2D eigenvalue weighted by Gasteiger charge is -2.10. The van der Waals surface area contributed by atoms with E-state index in [1.165, 1.54) is 24.3 Å². The van der Waals surface area contributed by atoms with Gasteiger partial charge < -0.3 is 5.73 Å². The summed E-state index contributed by atoms with van der Waals surface area (Å²) in [4.78, 5) is 11.5. The van der Waals surface area contributed by atoms with Gasteiger partial charge in [-0.3, -0.25) is 9.36 Å². The van der Waals surface area contributed by atoms with Crippen LogP contribution < -0.4 is 11.3 Å². The topological polar surface area (TPSA) is 48.0 Å². The summed E-state index contributed by atoms with van der Waals surface area (Å²) in [7, 11) is 0. The highest BCUT2D eigenvalue weighted by Crippen LogP contribution is 2.28. The average Bonchev–Trinajstić information content (AvgIpc) is 2.29. The molecule has 2 N–H and O–H groups in total. The van der Waals surface area contributed by atoms with Gasteiger partial charge >= 0.3 is 6.18 Å². The number of nitrogens with zero attached hydrogens (tertiary/aromatic N) is 1. The van der Waals surface area contributed by atoms with Gasteiger partial charge in [0.2, 0.25) is 0 Å². The summed E-state index contributed by atoms with van der Waals surface area (Å²) in [6.07, 6.45) is -3.71. The Hall–Kier alpha value is -2.24. The molecular formula is C12H9F3N2O. The van der Waals surface area contributed by atoms with E-state index in [0.29, 0.717) is 11.4 Å². The van der Waals surface area contributed by atoms with Gasteiger partial charge in [0.1, 0.15) is 0 Å². The Bertz CT molecular complexity index is 614. The first-order valence-electron chi connectivity index (χ1n) is 5.04. The van der Waals surface area contributed by atoms with Crippen molar-refractivity contribution in [2.24, 2.45) is 0 Å². The molecule has 2 rings (SSSR count). The van der Waals surface area contributed by atoms with Crippen LogP contribution in [0.5, 0.6) is 0 Å². The maximum Gasteiger partial charge on any atom is 0.417 e. The smallest absolute Gasteiger partial charge is 0.399 e. The molecule has 2 aromatic rings. The van der Waals surface area contributed by atoms with Crippen LogP contribution in [0.3, 0.4) is 0 Å². The number of nitrogen functional groups attached to an aromatic ring is 1. The van der Waals surface area contributed by atoms with Crippen molar-refractivity contribution in [3.05, 3.63) is 58.5 Å². The zero-order valence-electron chi connectivity index (χ0n) is 9.11. The molecule has 1 aromatic heterocycles. The second kappa shape index (κ2) is 4.21. The van der Waals surface area contributed by atoms with Crippen molar-refractivity contribution >= 4 is 5.69 Å². The Balaban J connectivity index is 2.57. The van der Waals surface area contributed by atoms with Gasteiger partial charge in [-0.1, -0.05) is 0 Å². The first-order valence-corrected chi connectivity index (χ1v) is 5.04. The SMILES string of the molecule is Nc1ccc(-n2cc(C(F)(F)F)ccc2=O)cc1. The number of hydrogen-bond donors (Lipinski definition) is 1. The fourth-order valence-corrected chi connectivity index (χ4v) is 1.49. The van der Waals surface area contributed by atoms with E-state index >= 15 is 0 Å². The van der Waals surface area contributed by atoms with Crippen LogP contribution in [0.15, 0.2) is 47.4 Å². The van der Waals surface area contributed by atoms with Gasteiger partial charge in [0.05, 0.1) is 5.56 Å². The summed E-state index contributed by atoms with van der Waals surface area (Å²) in [5.74, 6) is 0. The van der Waals surface area contributed by atoms with Gasteiger partial charge in [0, 0.05) is 23.6 Å². The maximum absolute atomic E-state index is 12.5. The van der Waals surface area contributed by atoms with E-state index < -0.39 is 17.3 Å². The van der Waals surface area contributed by atoms with E-state index in [4.69, 9.17) is 5.73 Å². The molecule has 0 saturated heterocycles. The molecule has 0 unspecified atom stereocenters. The molecule has 0 aliphatic rings. The number of anilines is 1. The Labute approximate surface area is 100 Å². The number of halogens is 3. The van der Waals surface area contributed by atoms with E-state index in [2.05, 4.69) is 0 Å². The summed E-state index contributed by atoms with van der Waals surface area (Å²) in [6, 6.07) is 7.65. The third-order valence-electron chi connectivity index (χ3n) is 2.41. The molecule has 0 atom stereocenters. The van der Waals surface area contributed by atoms with Gasteiger partial charge in [0.15, 0.2) is 0 Å². The Kier molecular flexibility index (Phi) is 2.86. The zero-order valence-corrected chi connectivity index (χ0v) is 9.11. The number of aromatic nitrogens is 1. The molecule has 0 saturated carbocycles. The second-order valence-corrected chi connectivity index (χ2v) is 3.72. The summed E-state index contributed by atoms with van der Waals surface area (Å²) >= 11 is 0. The molecule has 0 aliphatic heterocycles. The molecule has 6 heteroatoms. The molecule has 1 heterocycles. The molecular weight excluding hydrogens is 245 g/mol. The van der Waals surface area contributed by atoms with Crippen molar-refractivity contribution in [1.82, 2.24) is 4.57 Å². The Morgan fingerprint density at radius 3 is 2.17 bits per heavy atom. The third kappa shape index (κ3) is 2.37. The van der Waals surface area contributed by atoms with Gasteiger partial charge in [-0.05, 0) is 30.3 Å². The quantitative estimate of drug-likeness (QED) is 0.794. The number of alkyl halides is 3. The van der Waals surface area contributed by atoms with Crippen molar-refractivity contribution in [2.45, 2.75) is 6.18 Å². The summed E-state index contributed by atoms with van der Waals surface area (Å²) in [6.45, 7) is 0. The lowest BCUT2D eigenvalue weighted by molar-refractivity contribution is -0.138. The molecule has 0 radical (unpaired) electrons. The van der Waals surface area contributed by atoms with Crippen LogP contribution >= 0.6 is 0 Å². The minimum absolute atomic E-state index is 0.334. The average molecular weight is 254 g/mol. The maximum atomic E-state index is 12.5. The largest absolute Gasteiger partial charge is 0.417 e. The predicted molar refractivity (Wildman–Crippen MR) is 61.5 cm³/mol. The minimum Gasteiger partial charge on any atom is -0.399 e. The van der Waals surface area contributed by atoms with Crippen LogP contribution in [0.25, 0.3) is 5.69 Å². The van der Waals surface area contributed by atoms with E-state index in [-0.39, 0.29) is 0 Å². The number of benzene rings is 1. The molecule has 0 bridgehead atoms. The summed E-state index contributed by atoms with van der Waals surface area (Å²) in [5.41, 5.74) is 4.87. The minimum atomic E-state index is -4.48. The molecule has 0 aliphatic carbocycles. The van der Waals surface area contributed by atoms with E-state index in [1.54, 1.807) is 0 Å². The fourth-order valence-electron chi connectivity index (χ4n) is 1.49. The standard InChI is InChI=1S/C12H9F3N2O/c13-12(14,15)8-1-6-11(18)17(7-8)10-4-2-9(16)3-5-10/h1-7H,16H2. The molecule has 0 spiro atoms. The van der Waals surface area contributed by atoms with Gasteiger partial charge in [-0.2, -0.15) is 13.2 Å². The van der Waals surface area contributed by atoms with Crippen LogP contribution in [0.1, 0.15) is 5.56 Å². The van der Waals surface area contributed by atoms with Gasteiger partial charge in [-0.15, -0.1) is 0 Å². The van der Waals surface area contributed by atoms with Crippen LogP contribution in [-0.4, -0.2) is 4.57 Å². The van der Waals surface area contributed by atoms with E-state index in [9.17, 15) is 18.0 Å². The molecule has 18 heavy (non-hydrogen) atoms. The first kappa shape index (κ1) is 12.2. The Morgan fingerprint density at radius 1 is 1.00 bits per heavy atom. The van der Waals surface area contributed by atoms with Crippen LogP contribution in [0, 0.1) is 0 Å². The first-order chi connectivity index (χ1) is 8.38. The highest BCUT2D eigenvalue weighted by molar-refractivity contribution is 5.45. The van der Waals surface area contributed by atoms with Gasteiger partial charge in [-0.25, -0.2) is 0 Å². The number of pyridine rings is 1. The normalized spacial score (nSPS) is 11.5. The second-order valence-electron chi connectivity index (χ2n) is 3.72. The monoisotopic (exact) mass is 254 g/mol. The molecule has 1 aromatic carbocycles. The van der Waals surface area contributed by atoms with Crippen molar-refractivity contribution < 1.29 is 13.2 Å². The summed E-state index contributed by atoms with van der Waals surface area (Å²) in [5, 5.41) is 0. The predicted octanol–water partition coefficient (Wildman–Crippen LogP) is 2.44. The van der Waals surface area contributed by atoms with Crippen molar-refractivity contribution in [3.63, 3.8) is 0 Å². The lowest BCUT2D eigenvalue weighted by Crippen LogP contribution is -2.19. The Morgan fingerprint density at radius 2 is 1.61 bits per heavy atom. The molecule has 0 amide bonds. The highest BCUT2D eigenvalue weighted by atomic mass is 19.4. The molecule has 3 nitrogen and oxygen atoms in total. The summed E-state index contributed by atoms with van der Waals surface area (Å²) < 4.78 is 38.6.